The molecule has 1 aromatic rings. The van der Waals surface area contributed by atoms with Gasteiger partial charge in [0.15, 0.2) is 18.1 Å². The Balaban J connectivity index is 2.07. The van der Waals surface area contributed by atoms with Gasteiger partial charge in [-0.3, -0.25) is 4.79 Å². The number of benzene rings is 1. The largest absolute Gasteiger partial charge is 0.493 e. The van der Waals surface area contributed by atoms with Crippen molar-refractivity contribution in [3.05, 3.63) is 29.3 Å². The third-order valence-electron chi connectivity index (χ3n) is 3.60. The molecule has 1 aromatic carbocycles. The van der Waals surface area contributed by atoms with E-state index in [4.69, 9.17) is 37.4 Å². The maximum atomic E-state index is 12.1. The van der Waals surface area contributed by atoms with Crippen molar-refractivity contribution in [3.8, 4) is 17.6 Å². The topological polar surface area (TPSA) is 97.8 Å². The first-order valence-electron chi connectivity index (χ1n) is 7.63. The van der Waals surface area contributed by atoms with Crippen molar-refractivity contribution in [1.82, 2.24) is 4.90 Å². The zero-order chi connectivity index (χ0) is 18.2. The number of morpholine rings is 1. The fraction of sp³-hybridized carbons (Fsp3) is 0.353. The fourth-order valence-electron chi connectivity index (χ4n) is 2.26. The summed E-state index contributed by atoms with van der Waals surface area (Å²) >= 11 is 4.81. The molecule has 1 amide bonds. The lowest BCUT2D eigenvalue weighted by Crippen LogP contribution is -2.43. The average Bonchev–Trinajstić information content (AvgIpc) is 2.64. The number of nitrogens with zero attached hydrogens (tertiary/aromatic N) is 2. The predicted octanol–water partition coefficient (Wildman–Crippen LogP) is 1.13. The Morgan fingerprint density at radius 2 is 2.16 bits per heavy atom. The zero-order valence-corrected chi connectivity index (χ0v) is 14.7. The summed E-state index contributed by atoms with van der Waals surface area (Å²) in [7, 11) is 1.50. The van der Waals surface area contributed by atoms with E-state index >= 15 is 0 Å². The summed E-state index contributed by atoms with van der Waals surface area (Å²) in [5, 5.41) is 9.02. The van der Waals surface area contributed by atoms with E-state index in [2.05, 4.69) is 0 Å². The Morgan fingerprint density at radius 1 is 1.44 bits per heavy atom. The van der Waals surface area contributed by atoms with Crippen molar-refractivity contribution in [2.24, 2.45) is 5.73 Å². The maximum Gasteiger partial charge on any atom is 0.260 e. The smallest absolute Gasteiger partial charge is 0.260 e. The van der Waals surface area contributed by atoms with Crippen LogP contribution in [0, 0.1) is 11.3 Å². The van der Waals surface area contributed by atoms with E-state index in [9.17, 15) is 4.79 Å². The first-order valence-corrected chi connectivity index (χ1v) is 8.04. The molecule has 1 aliphatic heterocycles. The van der Waals surface area contributed by atoms with Gasteiger partial charge in [0.2, 0.25) is 0 Å². The Morgan fingerprint density at radius 3 is 2.76 bits per heavy atom. The molecule has 0 spiro atoms. The number of rotatable bonds is 6. The van der Waals surface area contributed by atoms with E-state index in [-0.39, 0.29) is 23.1 Å². The van der Waals surface area contributed by atoms with Crippen LogP contribution in [0.5, 0.6) is 11.5 Å². The molecular formula is C17H19N3O4S. The second kappa shape index (κ2) is 9.01. The summed E-state index contributed by atoms with van der Waals surface area (Å²) in [4.78, 5) is 13.9. The number of carbonyl (C=O) groups is 1. The Hall–Kier alpha value is -2.63. The molecular weight excluding hydrogens is 342 g/mol. The van der Waals surface area contributed by atoms with Crippen LogP contribution in [0.4, 0.5) is 0 Å². The number of carbonyl (C=O) groups excluding carboxylic acids is 1. The van der Waals surface area contributed by atoms with Gasteiger partial charge in [-0.05, 0) is 23.8 Å². The zero-order valence-electron chi connectivity index (χ0n) is 13.9. The number of nitriles is 1. The predicted molar refractivity (Wildman–Crippen MR) is 96.3 cm³/mol. The molecule has 7 nitrogen and oxygen atoms in total. The van der Waals surface area contributed by atoms with Gasteiger partial charge < -0.3 is 24.8 Å². The molecule has 2 rings (SSSR count). The Kier molecular flexibility index (Phi) is 6.74. The van der Waals surface area contributed by atoms with Gasteiger partial charge >= 0.3 is 0 Å². The van der Waals surface area contributed by atoms with Crippen LogP contribution in [-0.4, -0.2) is 55.8 Å². The number of hydrogen-bond donors (Lipinski definition) is 1. The highest BCUT2D eigenvalue weighted by atomic mass is 32.1. The van der Waals surface area contributed by atoms with Crippen molar-refractivity contribution >= 4 is 29.2 Å². The van der Waals surface area contributed by atoms with Gasteiger partial charge in [0, 0.05) is 13.1 Å². The standard InChI is InChI=1S/C17H19N3O4S/c1-22-15-9-12(8-13(10-18)17(19)25)2-3-14(15)24-11-16(21)20-4-6-23-7-5-20/h2-3,8-9H,4-7,11H2,1H3,(H2,19,25). The van der Waals surface area contributed by atoms with Gasteiger partial charge in [-0.1, -0.05) is 18.3 Å². The molecule has 132 valence electrons. The molecule has 0 saturated carbocycles. The average molecular weight is 361 g/mol. The maximum absolute atomic E-state index is 12.1. The van der Waals surface area contributed by atoms with Crippen LogP contribution in [0.25, 0.3) is 6.08 Å². The van der Waals surface area contributed by atoms with E-state index in [0.29, 0.717) is 43.4 Å². The lowest BCUT2D eigenvalue weighted by Gasteiger charge is -2.26. The second-order valence-corrected chi connectivity index (χ2v) is 5.67. The van der Waals surface area contributed by atoms with Gasteiger partial charge in [-0.15, -0.1) is 0 Å². The molecule has 0 aliphatic carbocycles. The summed E-state index contributed by atoms with van der Waals surface area (Å²) in [5.41, 5.74) is 6.37. The van der Waals surface area contributed by atoms with Crippen LogP contribution < -0.4 is 15.2 Å². The molecule has 1 saturated heterocycles. The second-order valence-electron chi connectivity index (χ2n) is 5.23. The Labute approximate surface area is 151 Å². The van der Waals surface area contributed by atoms with E-state index in [1.807, 2.05) is 6.07 Å². The van der Waals surface area contributed by atoms with E-state index < -0.39 is 0 Å². The molecule has 0 bridgehead atoms. The number of thiocarbonyl (C=S) groups is 1. The van der Waals surface area contributed by atoms with Crippen LogP contribution >= 0.6 is 12.2 Å². The molecule has 0 unspecified atom stereocenters. The normalized spacial score (nSPS) is 14.6. The van der Waals surface area contributed by atoms with Gasteiger partial charge in [-0.25, -0.2) is 0 Å². The third kappa shape index (κ3) is 5.17. The van der Waals surface area contributed by atoms with Crippen LogP contribution in [-0.2, 0) is 9.53 Å². The highest BCUT2D eigenvalue weighted by Crippen LogP contribution is 2.29. The highest BCUT2D eigenvalue weighted by Gasteiger charge is 2.18. The van der Waals surface area contributed by atoms with E-state index in [0.717, 1.165) is 0 Å². The molecule has 25 heavy (non-hydrogen) atoms. The SMILES string of the molecule is COc1cc(C=C(C#N)C(N)=S)ccc1OCC(=O)N1CCOCC1. The number of amides is 1. The van der Waals surface area contributed by atoms with Crippen molar-refractivity contribution < 1.29 is 19.0 Å². The lowest BCUT2D eigenvalue weighted by molar-refractivity contribution is -0.137. The molecule has 0 aromatic heterocycles. The minimum atomic E-state index is -0.102. The van der Waals surface area contributed by atoms with Gasteiger partial charge in [0.05, 0.1) is 25.9 Å². The van der Waals surface area contributed by atoms with Crippen molar-refractivity contribution in [2.75, 3.05) is 40.0 Å². The number of nitrogens with two attached hydrogens (primary N) is 1. The minimum absolute atomic E-state index is 0.0258. The van der Waals surface area contributed by atoms with Gasteiger partial charge in [0.1, 0.15) is 11.1 Å². The van der Waals surface area contributed by atoms with Crippen LogP contribution in [0.1, 0.15) is 5.56 Å². The number of ether oxygens (including phenoxy) is 3. The summed E-state index contributed by atoms with van der Waals surface area (Å²) in [6.45, 7) is 2.14. The fourth-order valence-corrected chi connectivity index (χ4v) is 2.37. The van der Waals surface area contributed by atoms with Crippen molar-refractivity contribution in [1.29, 1.82) is 5.26 Å². The van der Waals surface area contributed by atoms with Crippen LogP contribution in [0.2, 0.25) is 0 Å². The molecule has 0 radical (unpaired) electrons. The lowest BCUT2D eigenvalue weighted by atomic mass is 10.1. The number of hydrogen-bond acceptors (Lipinski definition) is 6. The number of methoxy groups -OCH3 is 1. The summed E-state index contributed by atoms with van der Waals surface area (Å²) < 4.78 is 16.1. The summed E-state index contributed by atoms with van der Waals surface area (Å²) in [6.07, 6.45) is 1.56. The third-order valence-corrected chi connectivity index (χ3v) is 3.82. The van der Waals surface area contributed by atoms with Crippen LogP contribution in [0.15, 0.2) is 23.8 Å². The van der Waals surface area contributed by atoms with Crippen molar-refractivity contribution in [3.63, 3.8) is 0 Å². The minimum Gasteiger partial charge on any atom is -0.493 e. The molecule has 1 heterocycles. The van der Waals surface area contributed by atoms with Gasteiger partial charge in [0.25, 0.3) is 5.91 Å². The summed E-state index contributed by atoms with van der Waals surface area (Å²) in [6, 6.07) is 7.03. The molecule has 1 aliphatic rings. The Bertz CT molecular complexity index is 721. The van der Waals surface area contributed by atoms with E-state index in [1.165, 1.54) is 7.11 Å². The van der Waals surface area contributed by atoms with E-state index in [1.54, 1.807) is 29.2 Å². The highest BCUT2D eigenvalue weighted by molar-refractivity contribution is 7.80. The monoisotopic (exact) mass is 361 g/mol. The summed E-state index contributed by atoms with van der Waals surface area (Å²) in [5.74, 6) is 0.786. The van der Waals surface area contributed by atoms with Crippen LogP contribution in [0.3, 0.4) is 0 Å². The molecule has 0 atom stereocenters. The first-order chi connectivity index (χ1) is 12.0. The van der Waals surface area contributed by atoms with Gasteiger partial charge in [-0.2, -0.15) is 5.26 Å². The molecule has 1 fully saturated rings. The molecule has 2 N–H and O–H groups in total. The quantitative estimate of drug-likeness (QED) is 0.461. The molecule has 8 heteroatoms. The van der Waals surface area contributed by atoms with Crippen molar-refractivity contribution in [2.45, 2.75) is 0 Å². The first kappa shape index (κ1) is 18.7.